The number of aromatic nitrogens is 4. The van der Waals surface area contributed by atoms with Gasteiger partial charge in [-0.05, 0) is 36.4 Å². The lowest BCUT2D eigenvalue weighted by molar-refractivity contribution is 0.904. The molecule has 2 rings (SSSR count). The van der Waals surface area contributed by atoms with Crippen LogP contribution >= 0.6 is 11.8 Å². The van der Waals surface area contributed by atoms with Gasteiger partial charge in [0.15, 0.2) is 5.16 Å². The topological polar surface area (TPSA) is 80.5 Å². The molecule has 0 atom stereocenters. The van der Waals surface area contributed by atoms with Crippen molar-refractivity contribution in [1.29, 1.82) is 0 Å². The summed E-state index contributed by atoms with van der Waals surface area (Å²) in [5, 5.41) is 8.24. The van der Waals surface area contributed by atoms with Crippen LogP contribution in [0.15, 0.2) is 34.8 Å². The van der Waals surface area contributed by atoms with Gasteiger partial charge in [0.1, 0.15) is 11.4 Å². The van der Waals surface area contributed by atoms with E-state index in [4.69, 9.17) is 5.73 Å². The molecule has 5 nitrogen and oxygen atoms in total. The lowest BCUT2D eigenvalue weighted by Gasteiger charge is -2.04. The van der Waals surface area contributed by atoms with Crippen molar-refractivity contribution in [3.8, 4) is 0 Å². The van der Waals surface area contributed by atoms with Crippen LogP contribution in [-0.4, -0.2) is 26.7 Å². The van der Waals surface area contributed by atoms with Crippen molar-refractivity contribution in [2.24, 2.45) is 5.73 Å². The van der Waals surface area contributed by atoms with Crippen molar-refractivity contribution < 1.29 is 0 Å². The van der Waals surface area contributed by atoms with Crippen molar-refractivity contribution in [2.75, 3.05) is 6.54 Å². The SMILES string of the molecule is NCCc1cccnc1Sc1ncn[nH]1. The molecule has 0 aromatic carbocycles. The molecular weight excluding hydrogens is 210 g/mol. The Labute approximate surface area is 91.5 Å². The first kappa shape index (κ1) is 10.1. The third-order valence-corrected chi connectivity index (χ3v) is 2.80. The predicted molar refractivity (Wildman–Crippen MR) is 57.5 cm³/mol. The van der Waals surface area contributed by atoms with E-state index in [0.29, 0.717) is 6.54 Å². The number of nitrogens with zero attached hydrogens (tertiary/aromatic N) is 3. The second-order valence-electron chi connectivity index (χ2n) is 2.90. The summed E-state index contributed by atoms with van der Waals surface area (Å²) in [6.07, 6.45) is 4.07. The molecule has 0 saturated carbocycles. The maximum Gasteiger partial charge on any atom is 0.189 e. The summed E-state index contributed by atoms with van der Waals surface area (Å²) in [6.45, 7) is 0.621. The zero-order valence-corrected chi connectivity index (χ0v) is 8.87. The van der Waals surface area contributed by atoms with Gasteiger partial charge < -0.3 is 5.73 Å². The van der Waals surface area contributed by atoms with Crippen molar-refractivity contribution in [1.82, 2.24) is 20.2 Å². The largest absolute Gasteiger partial charge is 0.330 e. The van der Waals surface area contributed by atoms with Crippen molar-refractivity contribution >= 4 is 11.8 Å². The lowest BCUT2D eigenvalue weighted by atomic mass is 10.2. The highest BCUT2D eigenvalue weighted by Crippen LogP contribution is 2.25. The van der Waals surface area contributed by atoms with E-state index < -0.39 is 0 Å². The van der Waals surface area contributed by atoms with E-state index in [-0.39, 0.29) is 0 Å². The molecule has 6 heteroatoms. The minimum absolute atomic E-state index is 0.621. The lowest BCUT2D eigenvalue weighted by Crippen LogP contribution is -2.04. The highest BCUT2D eigenvalue weighted by Gasteiger charge is 2.06. The van der Waals surface area contributed by atoms with Crippen LogP contribution in [0.2, 0.25) is 0 Å². The summed E-state index contributed by atoms with van der Waals surface area (Å²) < 4.78 is 0. The first-order chi connectivity index (χ1) is 7.40. The predicted octanol–water partition coefficient (Wildman–Crippen LogP) is 0.852. The Bertz CT molecular complexity index is 414. The molecule has 0 radical (unpaired) electrons. The van der Waals surface area contributed by atoms with Gasteiger partial charge in [-0.25, -0.2) is 9.97 Å². The Balaban J connectivity index is 2.20. The van der Waals surface area contributed by atoms with E-state index in [1.165, 1.54) is 18.1 Å². The standard InChI is InChI=1S/C9H11N5S/c10-4-3-7-2-1-5-11-8(7)15-9-12-6-13-14-9/h1-2,5-6H,3-4,10H2,(H,12,13,14). The maximum absolute atomic E-state index is 5.53. The van der Waals surface area contributed by atoms with Gasteiger partial charge in [-0.2, -0.15) is 5.10 Å². The molecule has 0 saturated heterocycles. The van der Waals surface area contributed by atoms with Gasteiger partial charge in [0.05, 0.1) is 0 Å². The van der Waals surface area contributed by atoms with Crippen LogP contribution in [0.5, 0.6) is 0 Å². The monoisotopic (exact) mass is 221 g/mol. The molecule has 0 bridgehead atoms. The van der Waals surface area contributed by atoms with E-state index >= 15 is 0 Å². The molecule has 2 heterocycles. The molecule has 0 aliphatic heterocycles. The van der Waals surface area contributed by atoms with Gasteiger partial charge in [-0.3, -0.25) is 5.10 Å². The van der Waals surface area contributed by atoms with Crippen LogP contribution in [-0.2, 0) is 6.42 Å². The molecule has 3 N–H and O–H groups in total. The highest BCUT2D eigenvalue weighted by molar-refractivity contribution is 7.99. The summed E-state index contributed by atoms with van der Waals surface area (Å²) in [5.41, 5.74) is 6.67. The smallest absolute Gasteiger partial charge is 0.189 e. The Morgan fingerprint density at radius 2 is 2.33 bits per heavy atom. The zero-order valence-electron chi connectivity index (χ0n) is 8.05. The van der Waals surface area contributed by atoms with Crippen LogP contribution in [0.25, 0.3) is 0 Å². The summed E-state index contributed by atoms with van der Waals surface area (Å²) in [6, 6.07) is 3.94. The molecule has 2 aromatic heterocycles. The minimum atomic E-state index is 0.621. The summed E-state index contributed by atoms with van der Waals surface area (Å²) in [4.78, 5) is 8.33. The Morgan fingerprint density at radius 3 is 3.07 bits per heavy atom. The van der Waals surface area contributed by atoms with E-state index in [1.54, 1.807) is 6.20 Å². The number of rotatable bonds is 4. The van der Waals surface area contributed by atoms with Gasteiger partial charge in [0.25, 0.3) is 0 Å². The number of nitrogens with two attached hydrogens (primary N) is 1. The van der Waals surface area contributed by atoms with Gasteiger partial charge in [0, 0.05) is 6.20 Å². The van der Waals surface area contributed by atoms with Crippen LogP contribution in [0, 0.1) is 0 Å². The van der Waals surface area contributed by atoms with E-state index in [1.807, 2.05) is 12.1 Å². The maximum atomic E-state index is 5.53. The van der Waals surface area contributed by atoms with Gasteiger partial charge >= 0.3 is 0 Å². The van der Waals surface area contributed by atoms with E-state index in [9.17, 15) is 0 Å². The molecular formula is C9H11N5S. The second kappa shape index (κ2) is 4.90. The van der Waals surface area contributed by atoms with Crippen molar-refractivity contribution in [3.05, 3.63) is 30.2 Å². The highest BCUT2D eigenvalue weighted by atomic mass is 32.2. The molecule has 2 aromatic rings. The number of pyridine rings is 1. The van der Waals surface area contributed by atoms with Crippen molar-refractivity contribution in [2.45, 2.75) is 16.6 Å². The molecule has 0 spiro atoms. The summed E-state index contributed by atoms with van der Waals surface area (Å²) in [5.74, 6) is 0. The molecule has 0 amide bonds. The van der Waals surface area contributed by atoms with Crippen LogP contribution in [0.3, 0.4) is 0 Å². The molecule has 0 aliphatic carbocycles. The Kier molecular flexibility index (Phi) is 3.31. The van der Waals surface area contributed by atoms with E-state index in [2.05, 4.69) is 20.2 Å². The first-order valence-electron chi connectivity index (χ1n) is 4.57. The van der Waals surface area contributed by atoms with Gasteiger partial charge in [-0.15, -0.1) is 0 Å². The first-order valence-corrected chi connectivity index (χ1v) is 5.39. The minimum Gasteiger partial charge on any atom is -0.330 e. The molecule has 15 heavy (non-hydrogen) atoms. The van der Waals surface area contributed by atoms with E-state index in [0.717, 1.165) is 22.2 Å². The molecule has 0 aliphatic rings. The van der Waals surface area contributed by atoms with Crippen LogP contribution in [0.1, 0.15) is 5.56 Å². The number of nitrogens with one attached hydrogen (secondary N) is 1. The fourth-order valence-electron chi connectivity index (χ4n) is 1.20. The number of hydrogen-bond donors (Lipinski definition) is 2. The molecule has 78 valence electrons. The second-order valence-corrected chi connectivity index (χ2v) is 3.88. The zero-order chi connectivity index (χ0) is 10.5. The normalized spacial score (nSPS) is 10.5. The quantitative estimate of drug-likeness (QED) is 0.800. The molecule has 0 fully saturated rings. The third-order valence-electron chi connectivity index (χ3n) is 1.85. The van der Waals surface area contributed by atoms with Crippen molar-refractivity contribution in [3.63, 3.8) is 0 Å². The fourth-order valence-corrected chi connectivity index (χ4v) is 1.99. The third kappa shape index (κ3) is 2.54. The summed E-state index contributed by atoms with van der Waals surface area (Å²) in [7, 11) is 0. The summed E-state index contributed by atoms with van der Waals surface area (Å²) >= 11 is 1.46. The number of hydrogen-bond acceptors (Lipinski definition) is 5. The van der Waals surface area contributed by atoms with Gasteiger partial charge in [0.2, 0.25) is 0 Å². The van der Waals surface area contributed by atoms with Gasteiger partial charge in [-0.1, -0.05) is 6.07 Å². The average Bonchev–Trinajstić information content (AvgIpc) is 2.74. The number of aromatic amines is 1. The average molecular weight is 221 g/mol. The fraction of sp³-hybridized carbons (Fsp3) is 0.222. The van der Waals surface area contributed by atoms with Crippen LogP contribution in [0.4, 0.5) is 0 Å². The number of H-pyrrole nitrogens is 1. The molecule has 0 unspecified atom stereocenters. The Morgan fingerprint density at radius 1 is 1.40 bits per heavy atom. The van der Waals surface area contributed by atoms with Crippen LogP contribution < -0.4 is 5.73 Å². The Hall–Kier alpha value is -1.40.